The topological polar surface area (TPSA) is 74.2 Å². The van der Waals surface area contributed by atoms with Crippen molar-refractivity contribution in [1.82, 2.24) is 0 Å². The highest BCUT2D eigenvalue weighted by Gasteiger charge is 2.19. The Balaban J connectivity index is 1.37. The van der Waals surface area contributed by atoms with Crippen LogP contribution in [0, 0.1) is 0 Å². The lowest BCUT2D eigenvalue weighted by Gasteiger charge is -2.23. The lowest BCUT2D eigenvalue weighted by molar-refractivity contribution is -0.106. The van der Waals surface area contributed by atoms with E-state index in [2.05, 4.69) is 0 Å². The minimum absolute atomic E-state index is 0.0497. The van der Waals surface area contributed by atoms with Crippen molar-refractivity contribution in [3.63, 3.8) is 0 Å². The molecule has 6 heteroatoms. The minimum atomic E-state index is -0.299. The molecule has 160 valence electrons. The van der Waals surface area contributed by atoms with E-state index in [4.69, 9.17) is 18.9 Å². The molecule has 0 saturated carbocycles. The van der Waals surface area contributed by atoms with Crippen molar-refractivity contribution in [2.75, 3.05) is 13.2 Å². The molecule has 6 nitrogen and oxygen atoms in total. The normalized spacial score (nSPS) is 21.7. The van der Waals surface area contributed by atoms with E-state index in [9.17, 15) is 9.90 Å². The van der Waals surface area contributed by atoms with Gasteiger partial charge in [-0.05, 0) is 61.6 Å². The fourth-order valence-corrected chi connectivity index (χ4v) is 3.69. The molecule has 0 bridgehead atoms. The number of hydrogen-bond acceptors (Lipinski definition) is 6. The van der Waals surface area contributed by atoms with Crippen LogP contribution in [0.4, 0.5) is 0 Å². The molecule has 2 aliphatic heterocycles. The molecule has 0 aromatic heterocycles. The SMILES string of the molecule is O=C(Cc1ccc(OC2CCCCO2)cc1)c1cc(OC2CCCCO2)ccc1O. The van der Waals surface area contributed by atoms with Gasteiger partial charge in [0, 0.05) is 19.3 Å². The van der Waals surface area contributed by atoms with E-state index >= 15 is 0 Å². The highest BCUT2D eigenvalue weighted by atomic mass is 16.7. The van der Waals surface area contributed by atoms with Crippen molar-refractivity contribution in [3.05, 3.63) is 53.6 Å². The van der Waals surface area contributed by atoms with Crippen molar-refractivity contribution >= 4 is 5.78 Å². The number of ketones is 1. The van der Waals surface area contributed by atoms with Gasteiger partial charge in [0.15, 0.2) is 18.4 Å². The van der Waals surface area contributed by atoms with Gasteiger partial charge in [0.25, 0.3) is 0 Å². The van der Waals surface area contributed by atoms with E-state index in [0.717, 1.165) is 56.4 Å². The zero-order chi connectivity index (χ0) is 20.8. The van der Waals surface area contributed by atoms with Crippen LogP contribution in [0.5, 0.6) is 17.2 Å². The first-order valence-corrected chi connectivity index (χ1v) is 10.7. The fourth-order valence-electron chi connectivity index (χ4n) is 3.69. The van der Waals surface area contributed by atoms with Crippen molar-refractivity contribution in [2.24, 2.45) is 0 Å². The molecule has 2 fully saturated rings. The smallest absolute Gasteiger partial charge is 0.199 e. The average Bonchev–Trinajstić information content (AvgIpc) is 2.78. The van der Waals surface area contributed by atoms with Crippen LogP contribution < -0.4 is 9.47 Å². The molecule has 2 aromatic rings. The molecule has 4 rings (SSSR count). The number of carbonyl (C=O) groups excluding carboxylic acids is 1. The minimum Gasteiger partial charge on any atom is -0.507 e. The fraction of sp³-hybridized carbons (Fsp3) is 0.458. The summed E-state index contributed by atoms with van der Waals surface area (Å²) in [5.41, 5.74) is 1.09. The summed E-state index contributed by atoms with van der Waals surface area (Å²) in [5, 5.41) is 10.2. The van der Waals surface area contributed by atoms with E-state index in [1.807, 2.05) is 24.3 Å². The number of aromatic hydroxyl groups is 1. The molecule has 30 heavy (non-hydrogen) atoms. The molecule has 2 aromatic carbocycles. The predicted octanol–water partition coefficient (Wildman–Crippen LogP) is 4.63. The molecular formula is C24H28O6. The third kappa shape index (κ3) is 5.52. The number of rotatable bonds is 7. The van der Waals surface area contributed by atoms with Gasteiger partial charge in [-0.1, -0.05) is 12.1 Å². The number of Topliss-reactive ketones (excluding diaryl/α,β-unsaturated/α-hetero) is 1. The van der Waals surface area contributed by atoms with Crippen LogP contribution in [0.3, 0.4) is 0 Å². The summed E-state index contributed by atoms with van der Waals surface area (Å²) in [7, 11) is 0. The first-order valence-electron chi connectivity index (χ1n) is 10.7. The largest absolute Gasteiger partial charge is 0.507 e. The van der Waals surface area contributed by atoms with Crippen LogP contribution in [0.2, 0.25) is 0 Å². The average molecular weight is 412 g/mol. The maximum absolute atomic E-state index is 12.8. The number of phenolic OH excluding ortho intramolecular Hbond substituents is 1. The van der Waals surface area contributed by atoms with Gasteiger partial charge in [-0.25, -0.2) is 0 Å². The zero-order valence-electron chi connectivity index (χ0n) is 17.0. The van der Waals surface area contributed by atoms with Crippen LogP contribution in [0.1, 0.15) is 54.4 Å². The molecule has 2 heterocycles. The van der Waals surface area contributed by atoms with Gasteiger partial charge >= 0.3 is 0 Å². The molecule has 1 N–H and O–H groups in total. The Bertz CT molecular complexity index is 835. The van der Waals surface area contributed by atoms with Crippen LogP contribution in [-0.4, -0.2) is 36.7 Å². The highest BCUT2D eigenvalue weighted by molar-refractivity contribution is 6.00. The molecule has 2 unspecified atom stereocenters. The Morgan fingerprint density at radius 1 is 0.867 bits per heavy atom. The van der Waals surface area contributed by atoms with Gasteiger partial charge in [0.05, 0.1) is 18.8 Å². The molecule has 2 saturated heterocycles. The van der Waals surface area contributed by atoms with E-state index in [-0.39, 0.29) is 36.1 Å². The third-order valence-corrected chi connectivity index (χ3v) is 5.37. The second-order valence-corrected chi connectivity index (χ2v) is 7.75. The van der Waals surface area contributed by atoms with E-state index < -0.39 is 0 Å². The van der Waals surface area contributed by atoms with Crippen LogP contribution >= 0.6 is 0 Å². The zero-order valence-corrected chi connectivity index (χ0v) is 17.0. The lowest BCUT2D eigenvalue weighted by atomic mass is 10.0. The Labute approximate surface area is 176 Å². The van der Waals surface area contributed by atoms with Gasteiger partial charge in [-0.15, -0.1) is 0 Å². The summed E-state index contributed by atoms with van der Waals surface area (Å²) >= 11 is 0. The number of phenols is 1. The summed E-state index contributed by atoms with van der Waals surface area (Å²) in [6.45, 7) is 1.41. The Morgan fingerprint density at radius 3 is 2.07 bits per heavy atom. The van der Waals surface area contributed by atoms with Gasteiger partial charge in [0.1, 0.15) is 17.2 Å². The summed E-state index contributed by atoms with van der Waals surface area (Å²) < 4.78 is 22.8. The summed E-state index contributed by atoms with van der Waals surface area (Å²) in [6.07, 6.45) is 5.68. The van der Waals surface area contributed by atoms with Crippen molar-refractivity contribution in [1.29, 1.82) is 0 Å². The number of carbonyl (C=O) groups is 1. The van der Waals surface area contributed by atoms with Gasteiger partial charge in [-0.2, -0.15) is 0 Å². The van der Waals surface area contributed by atoms with E-state index in [1.165, 1.54) is 6.07 Å². The van der Waals surface area contributed by atoms with E-state index in [0.29, 0.717) is 12.4 Å². The first-order chi connectivity index (χ1) is 14.7. The van der Waals surface area contributed by atoms with Gasteiger partial charge in [-0.3, -0.25) is 4.79 Å². The highest BCUT2D eigenvalue weighted by Crippen LogP contribution is 2.27. The summed E-state index contributed by atoms with van der Waals surface area (Å²) in [5.74, 6) is 1.03. The van der Waals surface area contributed by atoms with Crippen LogP contribution in [-0.2, 0) is 15.9 Å². The monoisotopic (exact) mass is 412 g/mol. The van der Waals surface area contributed by atoms with Crippen LogP contribution in [0.15, 0.2) is 42.5 Å². The first kappa shape index (κ1) is 20.7. The predicted molar refractivity (Wildman–Crippen MR) is 111 cm³/mol. The molecule has 0 aliphatic carbocycles. The molecular weight excluding hydrogens is 384 g/mol. The molecule has 0 amide bonds. The second kappa shape index (κ2) is 9.96. The van der Waals surface area contributed by atoms with Gasteiger partial charge < -0.3 is 24.1 Å². The standard InChI is InChI=1S/C24H28O6/c25-21-12-11-19(30-24-6-2-4-14-28-24)16-20(21)22(26)15-17-7-9-18(10-8-17)29-23-5-1-3-13-27-23/h7-12,16,23-25H,1-6,13-15H2. The van der Waals surface area contributed by atoms with E-state index in [1.54, 1.807) is 12.1 Å². The lowest BCUT2D eigenvalue weighted by Crippen LogP contribution is -2.25. The molecule has 0 radical (unpaired) electrons. The number of benzene rings is 2. The number of ether oxygens (including phenoxy) is 4. The van der Waals surface area contributed by atoms with Crippen molar-refractivity contribution in [2.45, 2.75) is 57.5 Å². The number of hydrogen-bond donors (Lipinski definition) is 1. The van der Waals surface area contributed by atoms with Gasteiger partial charge in [0.2, 0.25) is 0 Å². The van der Waals surface area contributed by atoms with Crippen molar-refractivity contribution < 1.29 is 28.8 Å². The maximum atomic E-state index is 12.8. The quantitative estimate of drug-likeness (QED) is 0.669. The van der Waals surface area contributed by atoms with Crippen molar-refractivity contribution in [3.8, 4) is 17.2 Å². The third-order valence-electron chi connectivity index (χ3n) is 5.37. The van der Waals surface area contributed by atoms with Crippen LogP contribution in [0.25, 0.3) is 0 Å². The Kier molecular flexibility index (Phi) is 6.87. The molecule has 2 atom stereocenters. The Hall–Kier alpha value is -2.57. The maximum Gasteiger partial charge on any atom is 0.199 e. The molecule has 2 aliphatic rings. The second-order valence-electron chi connectivity index (χ2n) is 7.75. The Morgan fingerprint density at radius 2 is 1.47 bits per heavy atom. The summed E-state index contributed by atoms with van der Waals surface area (Å²) in [6, 6.07) is 12.2. The summed E-state index contributed by atoms with van der Waals surface area (Å²) in [4.78, 5) is 12.8. The molecule has 0 spiro atoms.